The smallest absolute Gasteiger partial charge is 0.234 e. The summed E-state index contributed by atoms with van der Waals surface area (Å²) >= 11 is 0. The van der Waals surface area contributed by atoms with E-state index in [9.17, 15) is 0 Å². The molecule has 0 spiro atoms. The Morgan fingerprint density at radius 2 is 0.696 bits per heavy atom. The minimum Gasteiger partial charge on any atom is -0.234 e. The van der Waals surface area contributed by atoms with E-state index in [0.29, 0.717) is 5.92 Å². The van der Waals surface area contributed by atoms with Crippen LogP contribution in [0.5, 0.6) is 0 Å². The van der Waals surface area contributed by atoms with E-state index in [4.69, 9.17) is 0 Å². The van der Waals surface area contributed by atoms with E-state index in [1.807, 2.05) is 0 Å². The van der Waals surface area contributed by atoms with Gasteiger partial charge in [-0.2, -0.15) is 0 Å². The number of rotatable bonds is 37. The summed E-state index contributed by atoms with van der Waals surface area (Å²) in [5, 5.41) is 0. The molecule has 1 rings (SSSR count). The molecule has 0 radical (unpaired) electrons. The third kappa shape index (κ3) is 26.2. The first-order valence-corrected chi connectivity index (χ1v) is 21.8. The van der Waals surface area contributed by atoms with Gasteiger partial charge in [-0.25, -0.2) is 9.13 Å². The fourth-order valence-electron chi connectivity index (χ4n) is 7.53. The van der Waals surface area contributed by atoms with Crippen molar-refractivity contribution in [1.29, 1.82) is 0 Å². The highest BCUT2D eigenvalue weighted by atomic mass is 15.1. The first kappa shape index (κ1) is 43.2. The lowest BCUT2D eigenvalue weighted by atomic mass is 10.0. The fourth-order valence-corrected chi connectivity index (χ4v) is 7.53. The van der Waals surface area contributed by atoms with Crippen molar-refractivity contribution in [3.63, 3.8) is 0 Å². The average molecular weight is 644 g/mol. The third-order valence-electron chi connectivity index (χ3n) is 10.5. The van der Waals surface area contributed by atoms with Crippen LogP contribution in [0, 0.1) is 0 Å². The van der Waals surface area contributed by atoms with Gasteiger partial charge >= 0.3 is 0 Å². The molecule has 46 heavy (non-hydrogen) atoms. The van der Waals surface area contributed by atoms with Crippen LogP contribution >= 0.6 is 0 Å². The fraction of sp³-hybridized carbons (Fsp3) is 0.932. The second kappa shape index (κ2) is 34.1. The van der Waals surface area contributed by atoms with Crippen molar-refractivity contribution in [2.75, 3.05) is 0 Å². The molecule has 0 aliphatic rings. The molecule has 1 heterocycles. The number of imidazole rings is 1. The molecule has 0 aliphatic heterocycles. The molecular formula is C44H87N2+. The Balaban J connectivity index is 1.95. The predicted octanol–water partition coefficient (Wildman–Crippen LogP) is 15.2. The molecule has 0 fully saturated rings. The molecule has 1 aromatic rings. The van der Waals surface area contributed by atoms with Gasteiger partial charge in [0.25, 0.3) is 5.82 Å². The molecule has 0 unspecified atom stereocenters. The molecule has 0 aliphatic carbocycles. The van der Waals surface area contributed by atoms with Gasteiger partial charge in [0.05, 0.1) is 19.0 Å². The van der Waals surface area contributed by atoms with E-state index in [-0.39, 0.29) is 0 Å². The van der Waals surface area contributed by atoms with Crippen molar-refractivity contribution < 1.29 is 4.57 Å². The highest BCUT2D eigenvalue weighted by Crippen LogP contribution is 2.17. The maximum absolute atomic E-state index is 2.57. The van der Waals surface area contributed by atoms with Crippen LogP contribution in [0.15, 0.2) is 12.4 Å². The van der Waals surface area contributed by atoms with Gasteiger partial charge in [-0.1, -0.05) is 220 Å². The van der Waals surface area contributed by atoms with Gasteiger partial charge in [0.2, 0.25) is 0 Å². The number of nitrogens with zero attached hydrogens (tertiary/aromatic N) is 2. The number of aryl methyl sites for hydroxylation is 2. The lowest BCUT2D eigenvalue weighted by Crippen LogP contribution is -2.38. The van der Waals surface area contributed by atoms with Crippen LogP contribution in [0.4, 0.5) is 0 Å². The summed E-state index contributed by atoms with van der Waals surface area (Å²) in [6.45, 7) is 11.8. The summed E-state index contributed by atoms with van der Waals surface area (Å²) in [4.78, 5) is 0. The zero-order chi connectivity index (χ0) is 33.2. The van der Waals surface area contributed by atoms with Crippen LogP contribution in [0.1, 0.15) is 258 Å². The highest BCUT2D eigenvalue weighted by Gasteiger charge is 2.20. The van der Waals surface area contributed by atoms with Crippen LogP contribution in [0.2, 0.25) is 0 Å². The molecule has 0 saturated carbocycles. The van der Waals surface area contributed by atoms with Crippen LogP contribution in [0.3, 0.4) is 0 Å². The maximum Gasteiger partial charge on any atom is 0.258 e. The summed E-state index contributed by atoms with van der Waals surface area (Å²) in [5.41, 5.74) is 0. The van der Waals surface area contributed by atoms with E-state index in [0.717, 1.165) is 0 Å². The zero-order valence-electron chi connectivity index (χ0n) is 32.6. The standard InChI is InChI=1S/C44H87N2/c1-5-7-9-11-13-15-17-19-21-23-25-27-29-31-33-35-37-39-45-41-42-46(44(45)43(3)4)40-38-36-34-32-30-28-26-24-22-20-18-16-14-12-10-8-6-2/h41-43H,5-40H2,1-4H3/q+1. The summed E-state index contributed by atoms with van der Waals surface area (Å²) in [6.07, 6.45) is 53.9. The van der Waals surface area contributed by atoms with Gasteiger partial charge in [-0.05, 0) is 25.7 Å². The van der Waals surface area contributed by atoms with Gasteiger partial charge in [0.1, 0.15) is 12.4 Å². The van der Waals surface area contributed by atoms with Gasteiger partial charge in [-0.3, -0.25) is 0 Å². The number of aromatic nitrogens is 2. The van der Waals surface area contributed by atoms with Gasteiger partial charge < -0.3 is 0 Å². The second-order valence-electron chi connectivity index (χ2n) is 15.5. The Morgan fingerprint density at radius 1 is 0.413 bits per heavy atom. The monoisotopic (exact) mass is 644 g/mol. The molecule has 2 nitrogen and oxygen atoms in total. The minimum absolute atomic E-state index is 0.603. The summed E-state index contributed by atoms with van der Waals surface area (Å²) in [7, 11) is 0. The number of hydrogen-bond acceptors (Lipinski definition) is 0. The average Bonchev–Trinajstić information content (AvgIpc) is 3.46. The van der Waals surface area contributed by atoms with Crippen molar-refractivity contribution in [2.45, 2.75) is 265 Å². The maximum atomic E-state index is 2.57. The van der Waals surface area contributed by atoms with E-state index in [1.54, 1.807) is 5.82 Å². The molecule has 1 aromatic heterocycles. The van der Waals surface area contributed by atoms with Crippen LogP contribution in [-0.2, 0) is 13.1 Å². The van der Waals surface area contributed by atoms with Gasteiger partial charge in [-0.15, -0.1) is 0 Å². The Bertz CT molecular complexity index is 664. The second-order valence-corrected chi connectivity index (χ2v) is 15.5. The zero-order valence-corrected chi connectivity index (χ0v) is 32.6. The molecule has 0 aromatic carbocycles. The molecular weight excluding hydrogens is 556 g/mol. The molecule has 0 bridgehead atoms. The van der Waals surface area contributed by atoms with E-state index in [1.165, 1.54) is 231 Å². The van der Waals surface area contributed by atoms with E-state index >= 15 is 0 Å². The molecule has 0 saturated heterocycles. The number of hydrogen-bond donors (Lipinski definition) is 0. The van der Waals surface area contributed by atoms with Gasteiger partial charge in [0, 0.05) is 0 Å². The van der Waals surface area contributed by atoms with Crippen LogP contribution < -0.4 is 4.57 Å². The topological polar surface area (TPSA) is 8.81 Å². The summed E-state index contributed by atoms with van der Waals surface area (Å²) in [6, 6.07) is 0. The number of unbranched alkanes of at least 4 members (excludes halogenated alkanes) is 32. The van der Waals surface area contributed by atoms with Crippen molar-refractivity contribution in [2.24, 2.45) is 0 Å². The van der Waals surface area contributed by atoms with Crippen LogP contribution in [-0.4, -0.2) is 4.57 Å². The minimum atomic E-state index is 0.603. The van der Waals surface area contributed by atoms with E-state index in [2.05, 4.69) is 49.2 Å². The lowest BCUT2D eigenvalue weighted by Gasteiger charge is -2.08. The van der Waals surface area contributed by atoms with Crippen molar-refractivity contribution in [3.8, 4) is 0 Å². The Kier molecular flexibility index (Phi) is 32.0. The van der Waals surface area contributed by atoms with Crippen LogP contribution in [0.25, 0.3) is 0 Å². The normalized spacial score (nSPS) is 11.8. The molecule has 2 heteroatoms. The molecule has 272 valence electrons. The van der Waals surface area contributed by atoms with Crippen molar-refractivity contribution in [1.82, 2.24) is 4.57 Å². The van der Waals surface area contributed by atoms with Gasteiger partial charge in [0.15, 0.2) is 0 Å². The summed E-state index contributed by atoms with van der Waals surface area (Å²) < 4.78 is 5.15. The SMILES string of the molecule is CCCCCCCCCCCCCCCCCCCn1cc[n+](CCCCCCCCCCCCCCCCCCC)c1C(C)C. The first-order chi connectivity index (χ1) is 22.7. The molecule has 0 N–H and O–H groups in total. The quantitative estimate of drug-likeness (QED) is 0.0504. The molecule has 0 amide bonds. The van der Waals surface area contributed by atoms with E-state index < -0.39 is 0 Å². The largest absolute Gasteiger partial charge is 0.258 e. The Labute approximate surface area is 291 Å². The lowest BCUT2D eigenvalue weighted by molar-refractivity contribution is -0.705. The predicted molar refractivity (Wildman–Crippen MR) is 207 cm³/mol. The highest BCUT2D eigenvalue weighted by molar-refractivity contribution is 4.89. The van der Waals surface area contributed by atoms with Crippen molar-refractivity contribution >= 4 is 0 Å². The summed E-state index contributed by atoms with van der Waals surface area (Å²) in [5.74, 6) is 2.15. The molecule has 0 atom stereocenters. The first-order valence-electron chi connectivity index (χ1n) is 21.8. The Hall–Kier alpha value is -0.790. The Morgan fingerprint density at radius 3 is 1.00 bits per heavy atom. The van der Waals surface area contributed by atoms with Crippen molar-refractivity contribution in [3.05, 3.63) is 18.2 Å². The third-order valence-corrected chi connectivity index (χ3v) is 10.5.